The Morgan fingerprint density at radius 2 is 1.68 bits per heavy atom. The Morgan fingerprint density at radius 3 is 2.32 bits per heavy atom. The van der Waals surface area contributed by atoms with Gasteiger partial charge in [-0.05, 0) is 31.4 Å². The predicted molar refractivity (Wildman–Crippen MR) is 95.9 cm³/mol. The second-order valence-corrected chi connectivity index (χ2v) is 7.11. The Morgan fingerprint density at radius 1 is 1.08 bits per heavy atom. The lowest BCUT2D eigenvalue weighted by Crippen LogP contribution is -2.28. The van der Waals surface area contributed by atoms with E-state index in [2.05, 4.69) is 11.1 Å². The van der Waals surface area contributed by atoms with Gasteiger partial charge in [0, 0.05) is 0 Å². The number of hydrogen-bond donors (Lipinski definition) is 1. The lowest BCUT2D eigenvalue weighted by atomic mass is 10.0. The lowest BCUT2D eigenvalue weighted by Gasteiger charge is -2.13. The van der Waals surface area contributed by atoms with E-state index in [1.807, 2.05) is 12.1 Å². The molecule has 6 nitrogen and oxygen atoms in total. The normalized spacial score (nSPS) is 12.8. The zero-order valence-electron chi connectivity index (χ0n) is 14.9. The zero-order valence-corrected chi connectivity index (χ0v) is 15.8. The summed E-state index contributed by atoms with van der Waals surface area (Å²) in [7, 11) is -4.70. The number of carbonyl (C=O) groups excluding carboxylic acids is 1. The highest BCUT2D eigenvalue weighted by Gasteiger charge is 2.22. The van der Waals surface area contributed by atoms with Crippen LogP contribution in [0.25, 0.3) is 0 Å². The highest BCUT2D eigenvalue weighted by Crippen LogP contribution is 2.22. The average Bonchev–Trinajstić information content (AvgIpc) is 2.53. The van der Waals surface area contributed by atoms with Crippen LogP contribution in [0.2, 0.25) is 0 Å². The molecule has 0 bridgehead atoms. The van der Waals surface area contributed by atoms with E-state index in [4.69, 9.17) is 9.29 Å². The molecule has 0 saturated heterocycles. The van der Waals surface area contributed by atoms with Crippen molar-refractivity contribution in [3.63, 3.8) is 0 Å². The molecule has 0 heterocycles. The maximum Gasteiger partial charge on any atom is 0.398 e. The van der Waals surface area contributed by atoms with Gasteiger partial charge in [0.05, 0.1) is 0 Å². The topological polar surface area (TPSA) is 89.9 Å². The van der Waals surface area contributed by atoms with Crippen molar-refractivity contribution in [2.45, 2.75) is 71.3 Å². The maximum atomic E-state index is 11.9. The van der Waals surface area contributed by atoms with Gasteiger partial charge in [-0.1, -0.05) is 63.6 Å². The molecule has 1 unspecified atom stereocenters. The molecule has 0 aliphatic rings. The van der Waals surface area contributed by atoms with Crippen molar-refractivity contribution in [3.8, 4) is 5.75 Å². The maximum absolute atomic E-state index is 11.9. The van der Waals surface area contributed by atoms with Crippen LogP contribution in [0.4, 0.5) is 0 Å². The minimum absolute atomic E-state index is 0.393. The Balaban J connectivity index is 2.49. The summed E-state index contributed by atoms with van der Waals surface area (Å²) in [4.78, 5) is 11.9. The predicted octanol–water partition coefficient (Wildman–Crippen LogP) is 4.09. The smallest absolute Gasteiger partial charge is 0.398 e. The molecular weight excluding hydrogens is 344 g/mol. The molecule has 1 rings (SSSR count). The summed E-state index contributed by atoms with van der Waals surface area (Å²) in [5, 5.41) is 0. The molecule has 25 heavy (non-hydrogen) atoms. The number of ether oxygens (including phenoxy) is 1. The third-order valence-electron chi connectivity index (χ3n) is 3.83. The van der Waals surface area contributed by atoms with E-state index < -0.39 is 22.5 Å². The van der Waals surface area contributed by atoms with Crippen molar-refractivity contribution in [1.82, 2.24) is 0 Å². The van der Waals surface area contributed by atoms with Gasteiger partial charge in [-0.2, -0.15) is 8.42 Å². The van der Waals surface area contributed by atoms with E-state index in [0.717, 1.165) is 24.8 Å². The molecular formula is C18H28O6S. The number of rotatable bonds is 12. The van der Waals surface area contributed by atoms with Crippen molar-refractivity contribution in [2.24, 2.45) is 0 Å². The van der Waals surface area contributed by atoms with Gasteiger partial charge >= 0.3 is 16.4 Å². The third-order valence-corrected chi connectivity index (χ3v) is 4.36. The molecule has 0 amide bonds. The monoisotopic (exact) mass is 372 g/mol. The fraction of sp³-hybridized carbons (Fsp3) is 0.611. The molecule has 0 aromatic heterocycles. The number of aryl methyl sites for hydroxylation is 1. The summed E-state index contributed by atoms with van der Waals surface area (Å²) in [5.41, 5.74) is 0.892. The minimum atomic E-state index is -4.70. The summed E-state index contributed by atoms with van der Waals surface area (Å²) >= 11 is 0. The van der Waals surface area contributed by atoms with E-state index >= 15 is 0 Å². The molecule has 0 radical (unpaired) electrons. The van der Waals surface area contributed by atoms with Gasteiger partial charge in [0.1, 0.15) is 5.75 Å². The molecule has 1 aromatic carbocycles. The standard InChI is InChI=1S/C18H28O6S/c1-3-4-5-6-7-8-9-12-16-13-10-11-14-17(16)23-18(19)15(2)24-25(20,21)22/h10-11,13-15H,3-9,12H2,1-2H3,(H,20,21,22). The van der Waals surface area contributed by atoms with Crippen LogP contribution in [0.3, 0.4) is 0 Å². The summed E-state index contributed by atoms with van der Waals surface area (Å²) < 4.78 is 39.4. The van der Waals surface area contributed by atoms with Crippen LogP contribution in [-0.4, -0.2) is 25.0 Å². The first-order valence-corrected chi connectivity index (χ1v) is 10.1. The van der Waals surface area contributed by atoms with E-state index in [9.17, 15) is 13.2 Å². The number of para-hydroxylation sites is 1. The van der Waals surface area contributed by atoms with Gasteiger partial charge in [0.2, 0.25) is 0 Å². The molecule has 7 heteroatoms. The second kappa shape index (κ2) is 11.2. The first-order chi connectivity index (χ1) is 11.8. The van der Waals surface area contributed by atoms with Crippen LogP contribution >= 0.6 is 0 Å². The fourth-order valence-electron chi connectivity index (χ4n) is 2.50. The summed E-state index contributed by atoms with van der Waals surface area (Å²) in [6.07, 6.45) is 7.71. The number of benzene rings is 1. The van der Waals surface area contributed by atoms with Crippen LogP contribution < -0.4 is 4.74 Å². The average molecular weight is 372 g/mol. The molecule has 1 atom stereocenters. The number of carbonyl (C=O) groups is 1. The van der Waals surface area contributed by atoms with E-state index in [-0.39, 0.29) is 0 Å². The molecule has 0 aliphatic carbocycles. The van der Waals surface area contributed by atoms with Crippen molar-refractivity contribution in [2.75, 3.05) is 0 Å². The summed E-state index contributed by atoms with van der Waals surface area (Å²) in [5.74, 6) is -0.478. The second-order valence-electron chi connectivity index (χ2n) is 6.07. The highest BCUT2D eigenvalue weighted by atomic mass is 32.3. The first kappa shape index (κ1) is 21.6. The van der Waals surface area contributed by atoms with Gasteiger partial charge in [-0.3, -0.25) is 4.55 Å². The minimum Gasteiger partial charge on any atom is -0.424 e. The fourth-order valence-corrected chi connectivity index (χ4v) is 2.94. The Kier molecular flexibility index (Phi) is 9.70. The van der Waals surface area contributed by atoms with Gasteiger partial charge in [0.15, 0.2) is 6.10 Å². The van der Waals surface area contributed by atoms with Gasteiger partial charge in [0.25, 0.3) is 0 Å². The Bertz CT molecular complexity index is 626. The van der Waals surface area contributed by atoms with Crippen LogP contribution in [0.15, 0.2) is 24.3 Å². The number of hydrogen-bond acceptors (Lipinski definition) is 5. The Labute approximate surface area is 150 Å². The summed E-state index contributed by atoms with van der Waals surface area (Å²) in [6.45, 7) is 3.40. The Hall–Kier alpha value is -1.44. The van der Waals surface area contributed by atoms with Crippen molar-refractivity contribution >= 4 is 16.4 Å². The molecule has 0 spiro atoms. The van der Waals surface area contributed by atoms with E-state index in [1.165, 1.54) is 39.0 Å². The number of esters is 1. The quantitative estimate of drug-likeness (QED) is 0.257. The zero-order chi connectivity index (χ0) is 18.7. The van der Waals surface area contributed by atoms with E-state index in [0.29, 0.717) is 5.75 Å². The SMILES string of the molecule is CCCCCCCCCc1ccccc1OC(=O)C(C)OS(=O)(=O)O. The molecule has 0 saturated carbocycles. The highest BCUT2D eigenvalue weighted by molar-refractivity contribution is 7.80. The van der Waals surface area contributed by atoms with Crippen LogP contribution in [-0.2, 0) is 25.8 Å². The van der Waals surface area contributed by atoms with Crippen LogP contribution in [0.5, 0.6) is 5.75 Å². The lowest BCUT2D eigenvalue weighted by molar-refractivity contribution is -0.141. The third kappa shape index (κ3) is 9.57. The van der Waals surface area contributed by atoms with Crippen molar-refractivity contribution < 1.29 is 26.7 Å². The van der Waals surface area contributed by atoms with Crippen LogP contribution in [0.1, 0.15) is 64.4 Å². The number of unbranched alkanes of at least 4 members (excludes halogenated alkanes) is 6. The van der Waals surface area contributed by atoms with Gasteiger partial charge in [-0.15, -0.1) is 0 Å². The summed E-state index contributed by atoms with van der Waals surface area (Å²) in [6, 6.07) is 7.15. The van der Waals surface area contributed by atoms with Crippen molar-refractivity contribution in [1.29, 1.82) is 0 Å². The van der Waals surface area contributed by atoms with E-state index in [1.54, 1.807) is 12.1 Å². The molecule has 0 aliphatic heterocycles. The molecule has 142 valence electrons. The van der Waals surface area contributed by atoms with Gasteiger partial charge in [-0.25, -0.2) is 8.98 Å². The van der Waals surface area contributed by atoms with Crippen LogP contribution in [0, 0.1) is 0 Å². The van der Waals surface area contributed by atoms with Gasteiger partial charge < -0.3 is 4.74 Å². The molecule has 1 aromatic rings. The molecule has 0 fully saturated rings. The largest absolute Gasteiger partial charge is 0.424 e. The van der Waals surface area contributed by atoms with Crippen molar-refractivity contribution in [3.05, 3.63) is 29.8 Å². The molecule has 1 N–H and O–H groups in total. The first-order valence-electron chi connectivity index (χ1n) is 8.78.